The lowest BCUT2D eigenvalue weighted by atomic mass is 9.87. The van der Waals surface area contributed by atoms with E-state index in [2.05, 4.69) is 17.6 Å². The first-order chi connectivity index (χ1) is 13.3. The Hall–Kier alpha value is -2.24. The van der Waals surface area contributed by atoms with Gasteiger partial charge in [-0.15, -0.1) is 0 Å². The zero-order valence-corrected chi connectivity index (χ0v) is 17.3. The molecule has 0 fully saturated rings. The number of nitrogens with one attached hydrogen (secondary N) is 2. The van der Waals surface area contributed by atoms with Crippen molar-refractivity contribution in [3.05, 3.63) is 22.3 Å². The first-order valence-corrected chi connectivity index (χ1v) is 10.5. The van der Waals surface area contributed by atoms with Gasteiger partial charge in [-0.1, -0.05) is 45.4 Å². The van der Waals surface area contributed by atoms with E-state index < -0.39 is 0 Å². The maximum Gasteiger partial charge on any atom is 0.254 e. The second-order valence-corrected chi connectivity index (χ2v) is 7.94. The lowest BCUT2D eigenvalue weighted by Gasteiger charge is -2.17. The molecule has 0 saturated heterocycles. The largest absolute Gasteiger partial charge is 0.289 e. The summed E-state index contributed by atoms with van der Waals surface area (Å²) in [5, 5.41) is 4.71. The van der Waals surface area contributed by atoms with Crippen molar-refractivity contribution in [1.82, 2.24) is 10.6 Å². The highest BCUT2D eigenvalue weighted by atomic mass is 16.2. The van der Waals surface area contributed by atoms with Gasteiger partial charge in [-0.2, -0.15) is 0 Å². The van der Waals surface area contributed by atoms with Gasteiger partial charge in [0.15, 0.2) is 0 Å². The van der Waals surface area contributed by atoms with E-state index in [0.717, 1.165) is 25.7 Å². The normalized spacial score (nSPS) is 18.2. The van der Waals surface area contributed by atoms with Gasteiger partial charge in [-0.3, -0.25) is 29.8 Å². The van der Waals surface area contributed by atoms with Gasteiger partial charge in [0.2, 0.25) is 0 Å². The molecule has 0 aliphatic carbocycles. The van der Waals surface area contributed by atoms with Crippen LogP contribution in [0.5, 0.6) is 0 Å². The predicted molar refractivity (Wildman–Crippen MR) is 107 cm³/mol. The Morgan fingerprint density at radius 3 is 1.75 bits per heavy atom. The molecule has 2 heterocycles. The van der Waals surface area contributed by atoms with E-state index in [1.165, 1.54) is 25.7 Å². The topological polar surface area (TPSA) is 92.3 Å². The van der Waals surface area contributed by atoms with Crippen LogP contribution >= 0.6 is 0 Å². The number of carbonyl (C=O) groups excluding carboxylic acids is 4. The maximum atomic E-state index is 12.1. The molecular formula is C22H32N2O4. The molecule has 1 unspecified atom stereocenters. The molecule has 0 aromatic rings. The van der Waals surface area contributed by atoms with Crippen molar-refractivity contribution in [1.29, 1.82) is 0 Å². The van der Waals surface area contributed by atoms with Crippen molar-refractivity contribution in [3.63, 3.8) is 0 Å². The molecule has 6 heteroatoms. The molecule has 4 amide bonds. The fraction of sp³-hybridized carbons (Fsp3) is 0.636. The number of imide groups is 2. The van der Waals surface area contributed by atoms with Crippen molar-refractivity contribution < 1.29 is 19.2 Å². The molecule has 2 N–H and O–H groups in total. The molecular weight excluding hydrogens is 356 g/mol. The molecule has 0 spiro atoms. The van der Waals surface area contributed by atoms with Gasteiger partial charge >= 0.3 is 0 Å². The molecule has 0 radical (unpaired) electrons. The smallest absolute Gasteiger partial charge is 0.254 e. The van der Waals surface area contributed by atoms with Crippen LogP contribution in [-0.2, 0) is 19.2 Å². The summed E-state index contributed by atoms with van der Waals surface area (Å²) >= 11 is 0. The van der Waals surface area contributed by atoms with E-state index in [-0.39, 0.29) is 23.6 Å². The summed E-state index contributed by atoms with van der Waals surface area (Å²) in [6.07, 6.45) is 9.76. The first kappa shape index (κ1) is 22.1. The van der Waals surface area contributed by atoms with Crippen LogP contribution in [0.2, 0.25) is 0 Å². The summed E-state index contributed by atoms with van der Waals surface area (Å²) in [6, 6.07) is 0. The van der Waals surface area contributed by atoms with Gasteiger partial charge in [0.25, 0.3) is 23.6 Å². The van der Waals surface area contributed by atoms with Crippen LogP contribution < -0.4 is 10.6 Å². The highest BCUT2D eigenvalue weighted by molar-refractivity contribution is 6.19. The molecule has 2 rings (SSSR count). The lowest BCUT2D eigenvalue weighted by Crippen LogP contribution is -2.23. The summed E-state index contributed by atoms with van der Waals surface area (Å²) in [5.74, 6) is -0.835. The van der Waals surface area contributed by atoms with Crippen LogP contribution in [-0.4, -0.2) is 23.6 Å². The molecule has 6 nitrogen and oxygen atoms in total. The molecule has 0 aromatic heterocycles. The summed E-state index contributed by atoms with van der Waals surface area (Å²) < 4.78 is 0. The number of unbranched alkanes of at least 4 members (excludes halogenated alkanes) is 4. The Labute approximate surface area is 167 Å². The fourth-order valence-corrected chi connectivity index (χ4v) is 3.95. The van der Waals surface area contributed by atoms with Crippen molar-refractivity contribution in [2.24, 2.45) is 5.92 Å². The fourth-order valence-electron chi connectivity index (χ4n) is 3.95. The van der Waals surface area contributed by atoms with Crippen LogP contribution in [0, 0.1) is 5.92 Å². The van der Waals surface area contributed by atoms with Crippen molar-refractivity contribution in [2.75, 3.05) is 0 Å². The third kappa shape index (κ3) is 5.63. The third-order valence-corrected chi connectivity index (χ3v) is 5.84. The van der Waals surface area contributed by atoms with E-state index in [1.807, 2.05) is 0 Å². The number of rotatable bonds is 12. The van der Waals surface area contributed by atoms with E-state index >= 15 is 0 Å². The second-order valence-electron chi connectivity index (χ2n) is 7.94. The number of carbonyl (C=O) groups is 4. The second kappa shape index (κ2) is 10.3. The zero-order chi connectivity index (χ0) is 20.7. The number of hydrogen-bond donors (Lipinski definition) is 2. The Kier molecular flexibility index (Phi) is 8.15. The Morgan fingerprint density at radius 2 is 1.21 bits per heavy atom. The minimum Gasteiger partial charge on any atom is -0.289 e. The summed E-state index contributed by atoms with van der Waals surface area (Å²) in [4.78, 5) is 47.2. The average Bonchev–Trinajstić information content (AvgIpc) is 3.03. The Balaban J connectivity index is 1.94. The third-order valence-electron chi connectivity index (χ3n) is 5.84. The minimum absolute atomic E-state index is 0.266. The quantitative estimate of drug-likeness (QED) is 0.395. The zero-order valence-electron chi connectivity index (χ0n) is 17.3. The molecule has 2 aliphatic rings. The van der Waals surface area contributed by atoms with Gasteiger partial charge in [-0.25, -0.2) is 0 Å². The van der Waals surface area contributed by atoms with Crippen LogP contribution in [0.15, 0.2) is 22.3 Å². The number of hydrogen-bond acceptors (Lipinski definition) is 4. The van der Waals surface area contributed by atoms with E-state index in [0.29, 0.717) is 41.1 Å². The molecule has 2 aliphatic heterocycles. The van der Waals surface area contributed by atoms with Crippen molar-refractivity contribution >= 4 is 23.6 Å². The van der Waals surface area contributed by atoms with Gasteiger partial charge in [-0.05, 0) is 45.4 Å². The molecule has 28 heavy (non-hydrogen) atoms. The van der Waals surface area contributed by atoms with E-state index in [1.54, 1.807) is 13.8 Å². The van der Waals surface area contributed by atoms with E-state index in [4.69, 9.17) is 0 Å². The monoisotopic (exact) mass is 388 g/mol. The lowest BCUT2D eigenvalue weighted by molar-refractivity contribution is -0.125. The van der Waals surface area contributed by atoms with E-state index in [9.17, 15) is 19.2 Å². The van der Waals surface area contributed by atoms with Crippen LogP contribution in [0.1, 0.15) is 85.0 Å². The molecule has 0 aromatic carbocycles. The molecule has 0 saturated carbocycles. The molecule has 154 valence electrons. The predicted octanol–water partition coefficient (Wildman–Crippen LogP) is 3.47. The van der Waals surface area contributed by atoms with Gasteiger partial charge < -0.3 is 0 Å². The van der Waals surface area contributed by atoms with Gasteiger partial charge in [0.1, 0.15) is 0 Å². The number of amides is 4. The molecule has 0 bridgehead atoms. The van der Waals surface area contributed by atoms with Crippen molar-refractivity contribution in [3.8, 4) is 0 Å². The van der Waals surface area contributed by atoms with Crippen molar-refractivity contribution in [2.45, 2.75) is 85.0 Å². The highest BCUT2D eigenvalue weighted by Gasteiger charge is 2.29. The summed E-state index contributed by atoms with van der Waals surface area (Å²) in [5.41, 5.74) is 2.23. The highest BCUT2D eigenvalue weighted by Crippen LogP contribution is 2.29. The minimum atomic E-state index is -0.297. The standard InChI is InChI=1S/C22H32N2O4/c1-4-5-6-7-8-10-16(13-18-15(3)20(26)24-22(18)28)11-9-12-17-14(2)19(25)23-21(17)27/h16H,4-13H2,1-3H3,(H,23,25,27)(H,24,26,28). The Morgan fingerprint density at radius 1 is 0.679 bits per heavy atom. The average molecular weight is 389 g/mol. The Bertz CT molecular complexity index is 718. The van der Waals surface area contributed by atoms with Crippen LogP contribution in [0.3, 0.4) is 0 Å². The van der Waals surface area contributed by atoms with Crippen LogP contribution in [0.25, 0.3) is 0 Å². The van der Waals surface area contributed by atoms with Crippen LogP contribution in [0.4, 0.5) is 0 Å². The first-order valence-electron chi connectivity index (χ1n) is 10.5. The molecule has 1 atom stereocenters. The van der Waals surface area contributed by atoms with Gasteiger partial charge in [0.05, 0.1) is 0 Å². The maximum absolute atomic E-state index is 12.1. The SMILES string of the molecule is CCCCCCCC(CCCC1=C(C)C(=O)NC1=O)CC1=C(C)C(=O)NC1=O. The summed E-state index contributed by atoms with van der Waals surface area (Å²) in [6.45, 7) is 5.58. The summed E-state index contributed by atoms with van der Waals surface area (Å²) in [7, 11) is 0. The van der Waals surface area contributed by atoms with Gasteiger partial charge in [0, 0.05) is 22.3 Å².